The van der Waals surface area contributed by atoms with Crippen LogP contribution in [-0.4, -0.2) is 43.7 Å². The van der Waals surface area contributed by atoms with Gasteiger partial charge in [0.1, 0.15) is 0 Å². The van der Waals surface area contributed by atoms with Gasteiger partial charge in [-0.15, -0.1) is 0 Å². The SMILES string of the molecule is CCCNC(=O)NC[C@@H]1CCCN1C. The lowest BCUT2D eigenvalue weighted by molar-refractivity contribution is 0.234. The number of rotatable bonds is 4. The third-order valence-corrected chi connectivity index (χ3v) is 2.71. The Hall–Kier alpha value is -0.770. The van der Waals surface area contributed by atoms with E-state index >= 15 is 0 Å². The maximum absolute atomic E-state index is 11.2. The highest BCUT2D eigenvalue weighted by molar-refractivity contribution is 5.73. The monoisotopic (exact) mass is 199 g/mol. The van der Waals surface area contributed by atoms with Crippen LogP contribution in [0.4, 0.5) is 4.79 Å². The minimum Gasteiger partial charge on any atom is -0.338 e. The summed E-state index contributed by atoms with van der Waals surface area (Å²) < 4.78 is 0. The Kier molecular flexibility index (Phi) is 4.73. The topological polar surface area (TPSA) is 44.4 Å². The number of likely N-dealkylation sites (N-methyl/N-ethyl adjacent to an activating group) is 1. The molecule has 1 atom stereocenters. The molecular formula is C10H21N3O. The van der Waals surface area contributed by atoms with Crippen LogP contribution in [-0.2, 0) is 0 Å². The first-order chi connectivity index (χ1) is 6.74. The number of hydrogen-bond donors (Lipinski definition) is 2. The molecule has 1 aliphatic heterocycles. The minimum absolute atomic E-state index is 0.0350. The number of amides is 2. The molecule has 0 unspecified atom stereocenters. The summed E-state index contributed by atoms with van der Waals surface area (Å²) in [4.78, 5) is 13.5. The molecule has 1 fully saturated rings. The van der Waals surface area contributed by atoms with Gasteiger partial charge in [0.2, 0.25) is 0 Å². The lowest BCUT2D eigenvalue weighted by atomic mass is 10.2. The third kappa shape index (κ3) is 3.54. The largest absolute Gasteiger partial charge is 0.338 e. The third-order valence-electron chi connectivity index (χ3n) is 2.71. The molecule has 4 nitrogen and oxygen atoms in total. The zero-order chi connectivity index (χ0) is 10.4. The number of hydrogen-bond acceptors (Lipinski definition) is 2. The van der Waals surface area contributed by atoms with Crippen molar-refractivity contribution < 1.29 is 4.79 Å². The van der Waals surface area contributed by atoms with Crippen LogP contribution in [0.3, 0.4) is 0 Å². The van der Waals surface area contributed by atoms with Crippen LogP contribution in [0.1, 0.15) is 26.2 Å². The van der Waals surface area contributed by atoms with Gasteiger partial charge >= 0.3 is 6.03 Å². The van der Waals surface area contributed by atoms with E-state index < -0.39 is 0 Å². The van der Waals surface area contributed by atoms with Gasteiger partial charge in [0.25, 0.3) is 0 Å². The summed E-state index contributed by atoms with van der Waals surface area (Å²) >= 11 is 0. The average molecular weight is 199 g/mol. The quantitative estimate of drug-likeness (QED) is 0.703. The smallest absolute Gasteiger partial charge is 0.314 e. The van der Waals surface area contributed by atoms with Crippen LogP contribution in [0.25, 0.3) is 0 Å². The Bertz CT molecular complexity index is 184. The molecule has 0 aliphatic carbocycles. The van der Waals surface area contributed by atoms with Crippen molar-refractivity contribution in [2.75, 3.05) is 26.7 Å². The van der Waals surface area contributed by atoms with Crippen LogP contribution in [0.5, 0.6) is 0 Å². The number of urea groups is 1. The van der Waals surface area contributed by atoms with E-state index in [1.807, 2.05) is 6.92 Å². The Morgan fingerprint density at radius 1 is 1.50 bits per heavy atom. The van der Waals surface area contributed by atoms with E-state index in [1.54, 1.807) is 0 Å². The zero-order valence-corrected chi connectivity index (χ0v) is 9.18. The minimum atomic E-state index is -0.0350. The van der Waals surface area contributed by atoms with Gasteiger partial charge in [-0.05, 0) is 32.9 Å². The Morgan fingerprint density at radius 3 is 2.86 bits per heavy atom. The van der Waals surface area contributed by atoms with Gasteiger partial charge in [0, 0.05) is 19.1 Å². The van der Waals surface area contributed by atoms with E-state index in [9.17, 15) is 4.79 Å². The normalized spacial score (nSPS) is 22.3. The number of carbonyl (C=O) groups is 1. The highest BCUT2D eigenvalue weighted by Gasteiger charge is 2.20. The molecule has 0 aromatic carbocycles. The second-order valence-corrected chi connectivity index (χ2v) is 3.91. The Labute approximate surface area is 86.0 Å². The van der Waals surface area contributed by atoms with Crippen molar-refractivity contribution in [3.8, 4) is 0 Å². The zero-order valence-electron chi connectivity index (χ0n) is 9.18. The summed E-state index contributed by atoms with van der Waals surface area (Å²) in [5.41, 5.74) is 0. The fraction of sp³-hybridized carbons (Fsp3) is 0.900. The van der Waals surface area contributed by atoms with Crippen molar-refractivity contribution in [3.05, 3.63) is 0 Å². The summed E-state index contributed by atoms with van der Waals surface area (Å²) in [5.74, 6) is 0. The molecule has 0 radical (unpaired) electrons. The summed E-state index contributed by atoms with van der Waals surface area (Å²) in [6.07, 6.45) is 3.43. The fourth-order valence-electron chi connectivity index (χ4n) is 1.75. The Morgan fingerprint density at radius 2 is 2.29 bits per heavy atom. The summed E-state index contributed by atoms with van der Waals surface area (Å²) in [6.45, 7) is 4.73. The van der Waals surface area contributed by atoms with E-state index in [-0.39, 0.29) is 6.03 Å². The van der Waals surface area contributed by atoms with Crippen LogP contribution >= 0.6 is 0 Å². The van der Waals surface area contributed by atoms with E-state index in [0.717, 1.165) is 26.1 Å². The molecule has 1 saturated heterocycles. The van der Waals surface area contributed by atoms with Gasteiger partial charge in [-0.2, -0.15) is 0 Å². The lowest BCUT2D eigenvalue weighted by Gasteiger charge is -2.19. The molecule has 0 aromatic heterocycles. The molecular weight excluding hydrogens is 178 g/mol. The van der Waals surface area contributed by atoms with Crippen LogP contribution < -0.4 is 10.6 Å². The molecule has 0 saturated carbocycles. The van der Waals surface area contributed by atoms with Gasteiger partial charge in [-0.25, -0.2) is 4.79 Å². The van der Waals surface area contributed by atoms with E-state index in [2.05, 4.69) is 22.6 Å². The van der Waals surface area contributed by atoms with Gasteiger partial charge in [-0.1, -0.05) is 6.92 Å². The summed E-state index contributed by atoms with van der Waals surface area (Å²) in [7, 11) is 2.11. The molecule has 0 aromatic rings. The van der Waals surface area contributed by atoms with Crippen molar-refractivity contribution in [3.63, 3.8) is 0 Å². The first kappa shape index (κ1) is 11.3. The van der Waals surface area contributed by atoms with Gasteiger partial charge in [0.15, 0.2) is 0 Å². The molecule has 14 heavy (non-hydrogen) atoms. The molecule has 4 heteroatoms. The fourth-order valence-corrected chi connectivity index (χ4v) is 1.75. The molecule has 1 heterocycles. The highest BCUT2D eigenvalue weighted by Crippen LogP contribution is 2.13. The van der Waals surface area contributed by atoms with Crippen molar-refractivity contribution in [1.29, 1.82) is 0 Å². The van der Waals surface area contributed by atoms with E-state index in [0.29, 0.717) is 6.04 Å². The molecule has 2 N–H and O–H groups in total. The molecule has 0 spiro atoms. The lowest BCUT2D eigenvalue weighted by Crippen LogP contribution is -2.43. The van der Waals surface area contributed by atoms with Crippen LogP contribution in [0, 0.1) is 0 Å². The molecule has 82 valence electrons. The number of likely N-dealkylation sites (tertiary alicyclic amines) is 1. The van der Waals surface area contributed by atoms with Crippen LogP contribution in [0.15, 0.2) is 0 Å². The predicted octanol–water partition coefficient (Wildman–Crippen LogP) is 0.790. The average Bonchev–Trinajstić information content (AvgIpc) is 2.58. The molecule has 1 rings (SSSR count). The number of nitrogens with one attached hydrogen (secondary N) is 2. The Balaban J connectivity index is 2.10. The van der Waals surface area contributed by atoms with E-state index in [1.165, 1.54) is 12.8 Å². The van der Waals surface area contributed by atoms with Gasteiger partial charge in [0.05, 0.1) is 0 Å². The second kappa shape index (κ2) is 5.86. The summed E-state index contributed by atoms with van der Waals surface area (Å²) in [6, 6.07) is 0.495. The molecule has 0 bridgehead atoms. The van der Waals surface area contributed by atoms with Crippen LogP contribution in [0.2, 0.25) is 0 Å². The first-order valence-electron chi connectivity index (χ1n) is 5.46. The van der Waals surface area contributed by atoms with E-state index in [4.69, 9.17) is 0 Å². The number of nitrogens with zero attached hydrogens (tertiary/aromatic N) is 1. The maximum atomic E-state index is 11.2. The second-order valence-electron chi connectivity index (χ2n) is 3.91. The first-order valence-corrected chi connectivity index (χ1v) is 5.46. The predicted molar refractivity (Wildman–Crippen MR) is 57.3 cm³/mol. The number of carbonyl (C=O) groups excluding carboxylic acids is 1. The molecule has 2 amide bonds. The van der Waals surface area contributed by atoms with Crippen molar-refractivity contribution >= 4 is 6.03 Å². The highest BCUT2D eigenvalue weighted by atomic mass is 16.2. The van der Waals surface area contributed by atoms with Crippen molar-refractivity contribution in [2.45, 2.75) is 32.2 Å². The van der Waals surface area contributed by atoms with Crippen molar-refractivity contribution in [2.24, 2.45) is 0 Å². The van der Waals surface area contributed by atoms with Gasteiger partial charge in [-0.3, -0.25) is 0 Å². The molecule has 1 aliphatic rings. The van der Waals surface area contributed by atoms with Gasteiger partial charge < -0.3 is 15.5 Å². The maximum Gasteiger partial charge on any atom is 0.314 e. The standard InChI is InChI=1S/C10H21N3O/c1-3-6-11-10(14)12-8-9-5-4-7-13(9)2/h9H,3-8H2,1-2H3,(H2,11,12,14)/t9-/m0/s1. The van der Waals surface area contributed by atoms with Crippen molar-refractivity contribution in [1.82, 2.24) is 15.5 Å². The summed E-state index contributed by atoms with van der Waals surface area (Å²) in [5, 5.41) is 5.70.